The highest BCUT2D eigenvalue weighted by Gasteiger charge is 2.27. The number of carbonyl (C=O) groups is 2. The maximum Gasteiger partial charge on any atom is 0.313 e. The third-order valence-electron chi connectivity index (χ3n) is 4.81. The van der Waals surface area contributed by atoms with E-state index in [1.54, 1.807) is 4.90 Å². The summed E-state index contributed by atoms with van der Waals surface area (Å²) in [5.41, 5.74) is 2.10. The minimum Gasteiger partial charge on any atom is -0.755 e. The van der Waals surface area contributed by atoms with E-state index in [9.17, 15) is 18.4 Å². The lowest BCUT2D eigenvalue weighted by Crippen LogP contribution is -2.44. The molecule has 0 aromatic heterocycles. The number of amides is 2. The van der Waals surface area contributed by atoms with E-state index in [-0.39, 0.29) is 0 Å². The summed E-state index contributed by atoms with van der Waals surface area (Å²) in [6.45, 7) is 1.14. The molecule has 1 atom stereocenters. The summed E-state index contributed by atoms with van der Waals surface area (Å²) in [4.78, 5) is 26.2. The third-order valence-corrected chi connectivity index (χ3v) is 5.21. The van der Waals surface area contributed by atoms with Gasteiger partial charge in [0.1, 0.15) is 0 Å². The smallest absolute Gasteiger partial charge is 0.313 e. The van der Waals surface area contributed by atoms with Crippen LogP contribution in [0.25, 0.3) is 0 Å². The first-order valence-electron chi connectivity index (χ1n) is 9.11. The van der Waals surface area contributed by atoms with Crippen molar-refractivity contribution in [2.75, 3.05) is 23.1 Å². The van der Waals surface area contributed by atoms with Gasteiger partial charge >= 0.3 is 11.8 Å². The zero-order valence-corrected chi connectivity index (χ0v) is 16.1. The lowest BCUT2D eigenvalue weighted by molar-refractivity contribution is -0.144. The number of benzene rings is 2. The fourth-order valence-electron chi connectivity index (χ4n) is 3.33. The second-order valence-electron chi connectivity index (χ2n) is 6.79. The van der Waals surface area contributed by atoms with Gasteiger partial charge in [-0.3, -0.25) is 13.8 Å². The molecule has 2 aromatic carbocycles. The Kier molecular flexibility index (Phi) is 6.78. The molecular formula is C20H22N3O4S-. The molecule has 2 N–H and O–H groups in total. The van der Waals surface area contributed by atoms with Gasteiger partial charge < -0.3 is 19.5 Å². The van der Waals surface area contributed by atoms with Crippen LogP contribution in [0.15, 0.2) is 54.6 Å². The third kappa shape index (κ3) is 5.64. The molecule has 3 rings (SSSR count). The molecule has 0 radical (unpaired) electrons. The topological polar surface area (TPSA) is 102 Å². The Morgan fingerprint density at radius 1 is 1.00 bits per heavy atom. The second-order valence-corrected chi connectivity index (χ2v) is 7.47. The first kappa shape index (κ1) is 20.0. The van der Waals surface area contributed by atoms with Crippen LogP contribution in [-0.2, 0) is 27.3 Å². The van der Waals surface area contributed by atoms with E-state index >= 15 is 0 Å². The van der Waals surface area contributed by atoms with Gasteiger partial charge in [0.25, 0.3) is 0 Å². The van der Waals surface area contributed by atoms with E-state index in [4.69, 9.17) is 0 Å². The number of likely N-dealkylation sites (tertiary alicyclic amines) is 1. The Hall–Kier alpha value is -2.71. The van der Waals surface area contributed by atoms with Crippen molar-refractivity contribution in [1.29, 1.82) is 0 Å². The van der Waals surface area contributed by atoms with Crippen molar-refractivity contribution in [1.82, 2.24) is 4.90 Å². The molecule has 7 nitrogen and oxygen atoms in total. The zero-order chi connectivity index (χ0) is 19.9. The summed E-state index contributed by atoms with van der Waals surface area (Å²) in [6, 6.07) is 16.4. The molecule has 1 fully saturated rings. The van der Waals surface area contributed by atoms with E-state index in [1.165, 1.54) is 29.8 Å². The summed E-state index contributed by atoms with van der Waals surface area (Å²) >= 11 is -2.41. The standard InChI is InChI=1S/C20H23N3O4S/c24-19(21-17-6-8-18(9-7-17)22-28(26)27)20(25)23-12-10-16(11-13-23)14-15-4-2-1-3-5-15/h1-9,16,22H,10-14H2,(H,21,24)(H,26,27)/p-1. The van der Waals surface area contributed by atoms with Crippen LogP contribution in [0.1, 0.15) is 18.4 Å². The second kappa shape index (κ2) is 9.48. The summed E-state index contributed by atoms with van der Waals surface area (Å²) in [7, 11) is 0. The Bertz CT molecular complexity index is 834. The molecule has 1 heterocycles. The molecule has 2 aromatic rings. The molecule has 148 valence electrons. The normalized spacial score (nSPS) is 15.7. The zero-order valence-electron chi connectivity index (χ0n) is 15.3. The fourth-order valence-corrected chi connectivity index (χ4v) is 3.66. The number of nitrogens with zero attached hydrogens (tertiary/aromatic N) is 1. The van der Waals surface area contributed by atoms with Crippen LogP contribution < -0.4 is 10.0 Å². The lowest BCUT2D eigenvalue weighted by atomic mass is 9.90. The molecule has 8 heteroatoms. The van der Waals surface area contributed by atoms with Gasteiger partial charge in [-0.15, -0.1) is 0 Å². The van der Waals surface area contributed by atoms with Crippen molar-refractivity contribution in [3.63, 3.8) is 0 Å². The number of piperidine rings is 1. The monoisotopic (exact) mass is 400 g/mol. The predicted octanol–water partition coefficient (Wildman–Crippen LogP) is 2.31. The van der Waals surface area contributed by atoms with Gasteiger partial charge in [0.15, 0.2) is 0 Å². The lowest BCUT2D eigenvalue weighted by Gasteiger charge is -2.31. The molecule has 1 saturated heterocycles. The average molecular weight is 400 g/mol. The average Bonchev–Trinajstić information content (AvgIpc) is 2.70. The van der Waals surface area contributed by atoms with Crippen LogP contribution in [0.3, 0.4) is 0 Å². The minimum atomic E-state index is -2.41. The van der Waals surface area contributed by atoms with Crippen molar-refractivity contribution in [2.45, 2.75) is 19.3 Å². The molecule has 0 bridgehead atoms. The molecule has 0 aliphatic carbocycles. The van der Waals surface area contributed by atoms with Crippen LogP contribution in [0.5, 0.6) is 0 Å². The van der Waals surface area contributed by atoms with E-state index in [2.05, 4.69) is 22.2 Å². The van der Waals surface area contributed by atoms with Crippen molar-refractivity contribution < 1.29 is 18.4 Å². The highest BCUT2D eigenvalue weighted by atomic mass is 32.2. The Morgan fingerprint density at radius 3 is 2.21 bits per heavy atom. The van der Waals surface area contributed by atoms with Crippen LogP contribution >= 0.6 is 0 Å². The van der Waals surface area contributed by atoms with Gasteiger partial charge in [0, 0.05) is 35.7 Å². The van der Waals surface area contributed by atoms with Crippen LogP contribution in [-0.4, -0.2) is 38.6 Å². The van der Waals surface area contributed by atoms with Crippen molar-refractivity contribution in [2.24, 2.45) is 5.92 Å². The summed E-state index contributed by atoms with van der Waals surface area (Å²) in [5.74, 6) is -0.711. The summed E-state index contributed by atoms with van der Waals surface area (Å²) < 4.78 is 23.4. The van der Waals surface area contributed by atoms with Crippen LogP contribution in [0.2, 0.25) is 0 Å². The fraction of sp³-hybridized carbons (Fsp3) is 0.300. The number of hydrogen-bond donors (Lipinski definition) is 2. The number of nitrogens with one attached hydrogen (secondary N) is 2. The first-order valence-corrected chi connectivity index (χ1v) is 10.2. The number of rotatable bonds is 5. The highest BCUT2D eigenvalue weighted by molar-refractivity contribution is 7.80. The van der Waals surface area contributed by atoms with E-state index in [0.29, 0.717) is 30.4 Å². The van der Waals surface area contributed by atoms with Gasteiger partial charge in [-0.25, -0.2) is 0 Å². The van der Waals surface area contributed by atoms with Gasteiger partial charge in [-0.1, -0.05) is 30.3 Å². The molecule has 0 spiro atoms. The van der Waals surface area contributed by atoms with Gasteiger partial charge in [-0.05, 0) is 55.0 Å². The number of carbonyl (C=O) groups excluding carboxylic acids is 2. The van der Waals surface area contributed by atoms with E-state index in [1.807, 2.05) is 18.2 Å². The maximum absolute atomic E-state index is 12.4. The Morgan fingerprint density at radius 2 is 1.61 bits per heavy atom. The first-order chi connectivity index (χ1) is 13.5. The van der Waals surface area contributed by atoms with Crippen molar-refractivity contribution >= 4 is 34.5 Å². The quantitative estimate of drug-likeness (QED) is 0.594. The largest absolute Gasteiger partial charge is 0.755 e. The van der Waals surface area contributed by atoms with Gasteiger partial charge in [0.2, 0.25) is 0 Å². The van der Waals surface area contributed by atoms with Gasteiger partial charge in [-0.2, -0.15) is 0 Å². The molecule has 1 aliphatic heterocycles. The molecular weight excluding hydrogens is 378 g/mol. The molecule has 0 saturated carbocycles. The van der Waals surface area contributed by atoms with Crippen LogP contribution in [0, 0.1) is 5.92 Å². The minimum absolute atomic E-state index is 0.373. The number of hydrogen-bond acceptors (Lipinski definition) is 4. The van der Waals surface area contributed by atoms with Gasteiger partial charge in [0.05, 0.1) is 0 Å². The Balaban J connectivity index is 1.47. The Labute approximate surface area is 166 Å². The molecule has 2 amide bonds. The number of anilines is 2. The SMILES string of the molecule is O=C(Nc1ccc(NS(=O)[O-])cc1)C(=O)N1CCC(Cc2ccccc2)CC1. The van der Waals surface area contributed by atoms with Crippen LogP contribution in [0.4, 0.5) is 11.4 Å². The van der Waals surface area contributed by atoms with Crippen molar-refractivity contribution in [3.8, 4) is 0 Å². The predicted molar refractivity (Wildman–Crippen MR) is 107 cm³/mol. The van der Waals surface area contributed by atoms with E-state index < -0.39 is 23.1 Å². The highest BCUT2D eigenvalue weighted by Crippen LogP contribution is 2.22. The summed E-state index contributed by atoms with van der Waals surface area (Å²) in [5, 5.41) is 2.56. The van der Waals surface area contributed by atoms with Crippen molar-refractivity contribution in [3.05, 3.63) is 60.2 Å². The molecule has 1 unspecified atom stereocenters. The maximum atomic E-state index is 12.4. The summed E-state index contributed by atoms with van der Waals surface area (Å²) in [6.07, 6.45) is 2.74. The molecule has 1 aliphatic rings. The van der Waals surface area contributed by atoms with E-state index in [0.717, 1.165) is 19.3 Å². The molecule has 28 heavy (non-hydrogen) atoms.